The fraction of sp³-hybridized carbons (Fsp3) is 0.667. The van der Waals surface area contributed by atoms with Gasteiger partial charge in [-0.1, -0.05) is 6.92 Å². The minimum Gasteiger partial charge on any atom is -0.326 e. The maximum absolute atomic E-state index is 12.2. The van der Waals surface area contributed by atoms with Crippen LogP contribution in [0.3, 0.4) is 0 Å². The van der Waals surface area contributed by atoms with Crippen LogP contribution in [0.25, 0.3) is 0 Å². The van der Waals surface area contributed by atoms with Crippen molar-refractivity contribution in [3.05, 3.63) is 15.8 Å². The molecule has 0 amide bonds. The van der Waals surface area contributed by atoms with Gasteiger partial charge in [-0.25, -0.2) is 13.1 Å². The van der Waals surface area contributed by atoms with Crippen LogP contribution in [-0.2, 0) is 16.6 Å². The van der Waals surface area contributed by atoms with Crippen LogP contribution < -0.4 is 10.5 Å². The normalized spacial score (nSPS) is 17.9. The highest BCUT2D eigenvalue weighted by atomic mass is 32.2. The van der Waals surface area contributed by atoms with Gasteiger partial charge in [0, 0.05) is 22.8 Å². The Morgan fingerprint density at radius 2 is 2.22 bits per heavy atom. The second-order valence-corrected chi connectivity index (χ2v) is 8.08. The fourth-order valence-electron chi connectivity index (χ4n) is 2.04. The molecule has 0 bridgehead atoms. The van der Waals surface area contributed by atoms with Crippen LogP contribution in [0.4, 0.5) is 0 Å². The molecular formula is C12H20N2O2S2. The minimum absolute atomic E-state index is 0.385. The molecule has 0 radical (unpaired) electrons. The van der Waals surface area contributed by atoms with Gasteiger partial charge in [-0.3, -0.25) is 0 Å². The van der Waals surface area contributed by atoms with Crippen molar-refractivity contribution in [3.8, 4) is 0 Å². The predicted molar refractivity (Wildman–Crippen MR) is 74.0 cm³/mol. The maximum Gasteiger partial charge on any atom is 0.241 e. The van der Waals surface area contributed by atoms with Crippen molar-refractivity contribution in [1.29, 1.82) is 0 Å². The molecule has 6 heteroatoms. The molecule has 1 atom stereocenters. The van der Waals surface area contributed by atoms with Gasteiger partial charge in [0.2, 0.25) is 10.0 Å². The Morgan fingerprint density at radius 3 is 2.72 bits per heavy atom. The van der Waals surface area contributed by atoms with Crippen molar-refractivity contribution in [2.75, 3.05) is 6.54 Å². The quantitative estimate of drug-likeness (QED) is 0.839. The highest BCUT2D eigenvalue weighted by Gasteiger charge is 2.29. The van der Waals surface area contributed by atoms with E-state index in [1.165, 1.54) is 24.2 Å². The Bertz CT molecular complexity index is 518. The minimum atomic E-state index is -3.38. The fourth-order valence-corrected chi connectivity index (χ4v) is 4.70. The van der Waals surface area contributed by atoms with Crippen molar-refractivity contribution in [3.63, 3.8) is 0 Å². The zero-order valence-electron chi connectivity index (χ0n) is 10.8. The smallest absolute Gasteiger partial charge is 0.241 e. The predicted octanol–water partition coefficient (Wildman–Crippen LogP) is 1.84. The molecule has 102 valence electrons. The third-order valence-electron chi connectivity index (χ3n) is 3.44. The van der Waals surface area contributed by atoms with Crippen molar-refractivity contribution >= 4 is 21.4 Å². The van der Waals surface area contributed by atoms with Crippen LogP contribution in [0.1, 0.15) is 29.5 Å². The van der Waals surface area contributed by atoms with E-state index in [2.05, 4.69) is 11.6 Å². The average Bonchev–Trinajstić information content (AvgIpc) is 3.09. The molecule has 1 fully saturated rings. The van der Waals surface area contributed by atoms with Gasteiger partial charge < -0.3 is 5.73 Å². The molecule has 1 unspecified atom stereocenters. The van der Waals surface area contributed by atoms with Gasteiger partial charge in [0.25, 0.3) is 0 Å². The summed E-state index contributed by atoms with van der Waals surface area (Å²) >= 11 is 1.45. The standard InChI is InChI=1S/C12H20N2O2S2/c1-8(10-3-4-10)7-14-18(15,16)12-5-11(6-13)17-9(12)2/h5,8,10,14H,3-4,6-7,13H2,1-2H3. The van der Waals surface area contributed by atoms with Crippen molar-refractivity contribution in [1.82, 2.24) is 4.72 Å². The first-order valence-electron chi connectivity index (χ1n) is 6.23. The van der Waals surface area contributed by atoms with E-state index >= 15 is 0 Å². The van der Waals surface area contributed by atoms with E-state index in [1.807, 2.05) is 6.92 Å². The number of aryl methyl sites for hydroxylation is 1. The monoisotopic (exact) mass is 288 g/mol. The molecule has 18 heavy (non-hydrogen) atoms. The Labute approximate surface area is 113 Å². The Kier molecular flexibility index (Phi) is 4.11. The SMILES string of the molecule is Cc1sc(CN)cc1S(=O)(=O)NCC(C)C1CC1. The molecule has 1 aromatic heterocycles. The van der Waals surface area contributed by atoms with Crippen LogP contribution in [0.5, 0.6) is 0 Å². The first-order chi connectivity index (χ1) is 8.44. The molecule has 1 aliphatic carbocycles. The number of nitrogens with two attached hydrogens (primary N) is 1. The molecule has 0 aliphatic heterocycles. The van der Waals surface area contributed by atoms with Gasteiger partial charge in [0.1, 0.15) is 0 Å². The number of thiophene rings is 1. The summed E-state index contributed by atoms with van der Waals surface area (Å²) in [6.07, 6.45) is 2.47. The highest BCUT2D eigenvalue weighted by molar-refractivity contribution is 7.89. The van der Waals surface area contributed by atoms with Crippen LogP contribution in [0.15, 0.2) is 11.0 Å². The van der Waals surface area contributed by atoms with Crippen LogP contribution in [0, 0.1) is 18.8 Å². The zero-order valence-corrected chi connectivity index (χ0v) is 12.4. The topological polar surface area (TPSA) is 72.2 Å². The Balaban J connectivity index is 2.06. The summed E-state index contributed by atoms with van der Waals surface area (Å²) in [6.45, 7) is 4.84. The Hall–Kier alpha value is -0.430. The number of sulfonamides is 1. The number of hydrogen-bond acceptors (Lipinski definition) is 4. The second-order valence-electron chi connectivity index (χ2n) is 5.00. The molecular weight excluding hydrogens is 268 g/mol. The summed E-state index contributed by atoms with van der Waals surface area (Å²) < 4.78 is 27.1. The third kappa shape index (κ3) is 3.12. The molecule has 0 spiro atoms. The molecule has 4 nitrogen and oxygen atoms in total. The lowest BCUT2D eigenvalue weighted by molar-refractivity contribution is 0.492. The van der Waals surface area contributed by atoms with Crippen LogP contribution in [-0.4, -0.2) is 15.0 Å². The lowest BCUT2D eigenvalue weighted by Crippen LogP contribution is -2.29. The van der Waals surface area contributed by atoms with Crippen LogP contribution in [0.2, 0.25) is 0 Å². The molecule has 1 aliphatic rings. The molecule has 0 saturated heterocycles. The molecule has 1 saturated carbocycles. The number of hydrogen-bond donors (Lipinski definition) is 2. The van der Waals surface area contributed by atoms with Gasteiger partial charge in [-0.15, -0.1) is 11.3 Å². The van der Waals surface area contributed by atoms with Gasteiger partial charge in [0.15, 0.2) is 0 Å². The third-order valence-corrected chi connectivity index (χ3v) is 6.19. The molecule has 3 N–H and O–H groups in total. The highest BCUT2D eigenvalue weighted by Crippen LogP contribution is 2.36. The summed E-state index contributed by atoms with van der Waals surface area (Å²) in [7, 11) is -3.38. The molecule has 0 aromatic carbocycles. The van der Waals surface area contributed by atoms with Crippen molar-refractivity contribution in [2.24, 2.45) is 17.6 Å². The van der Waals surface area contributed by atoms with Crippen LogP contribution >= 0.6 is 11.3 Å². The summed E-state index contributed by atoms with van der Waals surface area (Å²) in [5.41, 5.74) is 5.54. The maximum atomic E-state index is 12.2. The van der Waals surface area contributed by atoms with E-state index in [-0.39, 0.29) is 0 Å². The van der Waals surface area contributed by atoms with E-state index in [1.54, 1.807) is 6.07 Å². The van der Waals surface area contributed by atoms with E-state index in [0.29, 0.717) is 29.8 Å². The Morgan fingerprint density at radius 1 is 1.56 bits per heavy atom. The first kappa shape index (κ1) is 14.0. The lowest BCUT2D eigenvalue weighted by atomic mass is 10.1. The van der Waals surface area contributed by atoms with E-state index in [9.17, 15) is 8.42 Å². The summed E-state index contributed by atoms with van der Waals surface area (Å²) in [4.78, 5) is 2.10. The molecule has 1 aromatic rings. The van der Waals surface area contributed by atoms with Crippen molar-refractivity contribution in [2.45, 2.75) is 38.1 Å². The van der Waals surface area contributed by atoms with E-state index in [4.69, 9.17) is 5.73 Å². The van der Waals surface area contributed by atoms with Gasteiger partial charge >= 0.3 is 0 Å². The average molecular weight is 288 g/mol. The van der Waals surface area contributed by atoms with Crippen molar-refractivity contribution < 1.29 is 8.42 Å². The summed E-state index contributed by atoms with van der Waals surface area (Å²) in [5, 5.41) is 0. The summed E-state index contributed by atoms with van der Waals surface area (Å²) in [6, 6.07) is 1.68. The van der Waals surface area contributed by atoms with Gasteiger partial charge in [-0.05, 0) is 37.7 Å². The van der Waals surface area contributed by atoms with E-state index < -0.39 is 10.0 Å². The number of rotatable bonds is 6. The summed E-state index contributed by atoms with van der Waals surface area (Å²) in [5.74, 6) is 1.13. The molecule has 2 rings (SSSR count). The van der Waals surface area contributed by atoms with Gasteiger partial charge in [-0.2, -0.15) is 0 Å². The lowest BCUT2D eigenvalue weighted by Gasteiger charge is -2.11. The zero-order chi connectivity index (χ0) is 13.3. The first-order valence-corrected chi connectivity index (χ1v) is 8.53. The molecule has 1 heterocycles. The largest absolute Gasteiger partial charge is 0.326 e. The van der Waals surface area contributed by atoms with E-state index in [0.717, 1.165) is 9.75 Å². The second kappa shape index (κ2) is 5.28. The van der Waals surface area contributed by atoms with Gasteiger partial charge in [0.05, 0.1) is 4.90 Å². The number of nitrogens with one attached hydrogen (secondary N) is 1.